The van der Waals surface area contributed by atoms with Gasteiger partial charge in [-0.25, -0.2) is 0 Å². The molecule has 0 spiro atoms. The molecule has 0 bridgehead atoms. The number of fused-ring (bicyclic) bond motifs is 6. The van der Waals surface area contributed by atoms with Gasteiger partial charge in [0.05, 0.1) is 26.4 Å². The van der Waals surface area contributed by atoms with E-state index in [0.29, 0.717) is 26.4 Å². The summed E-state index contributed by atoms with van der Waals surface area (Å²) in [5, 5.41) is 28.6. The number of unbranched alkanes of at least 4 members (excludes halogenated alkanes) is 20. The van der Waals surface area contributed by atoms with Crippen molar-refractivity contribution in [2.45, 2.75) is 193 Å². The summed E-state index contributed by atoms with van der Waals surface area (Å²) in [7, 11) is 0. The Balaban J connectivity index is 1.17. The third-order valence-corrected chi connectivity index (χ3v) is 17.3. The van der Waals surface area contributed by atoms with Gasteiger partial charge in [0.15, 0.2) is 0 Å². The molecule has 0 aliphatic heterocycles. The van der Waals surface area contributed by atoms with Crippen molar-refractivity contribution in [3.05, 3.63) is 179 Å². The van der Waals surface area contributed by atoms with Crippen LogP contribution in [0.5, 0.6) is 23.0 Å². The first-order chi connectivity index (χ1) is 40.3. The summed E-state index contributed by atoms with van der Waals surface area (Å²) in [5.41, 5.74) is 8.54. The highest BCUT2D eigenvalue weighted by Gasteiger charge is 2.49. The lowest BCUT2D eigenvalue weighted by molar-refractivity contribution is 0.127. The third-order valence-electron chi connectivity index (χ3n) is 17.3. The first-order valence-corrected chi connectivity index (χ1v) is 32.2. The van der Waals surface area contributed by atoms with Crippen molar-refractivity contribution in [3.8, 4) is 67.5 Å². The van der Waals surface area contributed by atoms with Crippen LogP contribution in [-0.4, -0.2) is 36.6 Å². The van der Waals surface area contributed by atoms with Gasteiger partial charge in [0.2, 0.25) is 0 Å². The zero-order chi connectivity index (χ0) is 57.0. The van der Waals surface area contributed by atoms with Gasteiger partial charge in [-0.3, -0.25) is 0 Å². The van der Waals surface area contributed by atoms with Crippen molar-refractivity contribution in [2.75, 3.05) is 26.4 Å². The summed E-state index contributed by atoms with van der Waals surface area (Å²) >= 11 is 0. The second-order valence-corrected chi connectivity index (χ2v) is 23.4. The van der Waals surface area contributed by atoms with Crippen LogP contribution in [0.1, 0.15) is 215 Å². The Morgan fingerprint density at radius 2 is 0.500 bits per heavy atom. The molecule has 0 atom stereocenters. The van der Waals surface area contributed by atoms with E-state index in [1.54, 1.807) is 0 Å². The summed E-state index contributed by atoms with van der Waals surface area (Å²) < 4.78 is 26.1. The third kappa shape index (κ3) is 14.2. The lowest BCUT2D eigenvalue weighted by atomic mass is 9.74. The molecule has 6 heteroatoms. The lowest BCUT2D eigenvalue weighted by Gasteiger charge is -2.34. The second-order valence-electron chi connectivity index (χ2n) is 23.4. The molecule has 2 aliphatic carbocycles. The quantitative estimate of drug-likeness (QED) is 0.0381. The van der Waals surface area contributed by atoms with Gasteiger partial charge in [0.1, 0.15) is 34.2 Å². The fourth-order valence-electron chi connectivity index (χ4n) is 12.7. The zero-order valence-corrected chi connectivity index (χ0v) is 50.2. The van der Waals surface area contributed by atoms with Crippen LogP contribution in [0.4, 0.5) is 0 Å². The maximum absolute atomic E-state index is 14.3. The number of ether oxygens (including phenoxy) is 4. The Bertz CT molecular complexity index is 2740. The minimum atomic E-state index is -1.62. The lowest BCUT2D eigenvalue weighted by Crippen LogP contribution is -2.30. The highest BCUT2D eigenvalue weighted by atomic mass is 16.5. The van der Waals surface area contributed by atoms with Gasteiger partial charge in [0, 0.05) is 33.4 Å². The molecule has 0 radical (unpaired) electrons. The van der Waals surface area contributed by atoms with Gasteiger partial charge in [0.25, 0.3) is 0 Å². The van der Waals surface area contributed by atoms with Crippen LogP contribution in [0.15, 0.2) is 146 Å². The van der Waals surface area contributed by atoms with Gasteiger partial charge in [-0.05, 0) is 131 Å². The zero-order valence-electron chi connectivity index (χ0n) is 50.2. The predicted octanol–water partition coefficient (Wildman–Crippen LogP) is 20.5. The highest BCUT2D eigenvalue weighted by Crippen LogP contribution is 2.59. The maximum atomic E-state index is 14.3. The van der Waals surface area contributed by atoms with Crippen LogP contribution in [0.25, 0.3) is 44.5 Å². The van der Waals surface area contributed by atoms with Crippen molar-refractivity contribution in [1.29, 1.82) is 0 Å². The van der Waals surface area contributed by atoms with Crippen molar-refractivity contribution in [3.63, 3.8) is 0 Å². The van der Waals surface area contributed by atoms with E-state index >= 15 is 0 Å². The minimum Gasteiger partial charge on any atom is -0.494 e. The molecule has 0 fully saturated rings. The molecule has 9 rings (SSSR count). The molecule has 7 aromatic rings. The fraction of sp³-hybridized carbons (Fsp3) is 0.447. The number of hydrogen-bond donors (Lipinski definition) is 2. The molecular formula is C76H94O6. The normalized spacial score (nSPS) is 13.3. The topological polar surface area (TPSA) is 77.4 Å². The average Bonchev–Trinajstić information content (AvgIpc) is 2.33. The molecule has 0 saturated carbocycles. The largest absolute Gasteiger partial charge is 0.494 e. The fourth-order valence-corrected chi connectivity index (χ4v) is 12.7. The van der Waals surface area contributed by atoms with Gasteiger partial charge >= 0.3 is 0 Å². The van der Waals surface area contributed by atoms with Gasteiger partial charge in [-0.2, -0.15) is 0 Å². The molecule has 2 N–H and O–H groups in total. The Kier molecular flexibility index (Phi) is 22.3. The molecular weight excluding hydrogens is 1010 g/mol. The molecule has 434 valence electrons. The van der Waals surface area contributed by atoms with E-state index in [1.807, 2.05) is 36.4 Å². The molecule has 0 aromatic heterocycles. The first kappa shape index (κ1) is 60.3. The van der Waals surface area contributed by atoms with Crippen LogP contribution in [0, 0.1) is 0 Å². The summed E-state index contributed by atoms with van der Waals surface area (Å²) in [4.78, 5) is 0. The van der Waals surface area contributed by atoms with Gasteiger partial charge < -0.3 is 29.2 Å². The Morgan fingerprint density at radius 3 is 0.756 bits per heavy atom. The minimum absolute atomic E-state index is 0.639. The van der Waals surface area contributed by atoms with Crippen LogP contribution in [-0.2, 0) is 11.2 Å². The molecule has 82 heavy (non-hydrogen) atoms. The number of hydrogen-bond acceptors (Lipinski definition) is 6. The van der Waals surface area contributed by atoms with E-state index in [2.05, 4.69) is 137 Å². The Morgan fingerprint density at radius 1 is 0.256 bits per heavy atom. The summed E-state index contributed by atoms with van der Waals surface area (Å²) in [6.07, 6.45) is 28.5. The van der Waals surface area contributed by atoms with Crippen LogP contribution in [0.2, 0.25) is 0 Å². The van der Waals surface area contributed by atoms with E-state index in [0.717, 1.165) is 152 Å². The van der Waals surface area contributed by atoms with E-state index in [1.165, 1.54) is 103 Å². The van der Waals surface area contributed by atoms with Crippen molar-refractivity contribution < 1.29 is 29.2 Å². The predicted molar refractivity (Wildman–Crippen MR) is 341 cm³/mol. The van der Waals surface area contributed by atoms with E-state index in [9.17, 15) is 10.2 Å². The Hall–Kier alpha value is -6.34. The van der Waals surface area contributed by atoms with Crippen LogP contribution >= 0.6 is 0 Å². The first-order valence-electron chi connectivity index (χ1n) is 32.2. The van der Waals surface area contributed by atoms with Gasteiger partial charge in [-0.15, -0.1) is 0 Å². The molecule has 6 nitrogen and oxygen atoms in total. The van der Waals surface area contributed by atoms with Crippen molar-refractivity contribution >= 4 is 0 Å². The number of rotatable bonds is 36. The average molecular weight is 1100 g/mol. The highest BCUT2D eigenvalue weighted by molar-refractivity contribution is 5.91. The summed E-state index contributed by atoms with van der Waals surface area (Å²) in [5.74, 6) is 3.16. The van der Waals surface area contributed by atoms with E-state index < -0.39 is 11.2 Å². The second kappa shape index (κ2) is 30.3. The molecule has 2 aliphatic rings. The molecule has 0 unspecified atom stereocenters. The molecule has 0 amide bonds. The number of benzene rings is 7. The smallest absolute Gasteiger partial charge is 0.142 e. The van der Waals surface area contributed by atoms with Gasteiger partial charge in [-0.1, -0.05) is 241 Å². The standard InChI is InChI=1S/C76H94O6/c1-5-9-13-17-21-31-47-79-59-39-43-69-65(51-59)66-52-60(80-48-32-22-18-14-10-6-2)40-44-70(66)75(69,77)73-55-64(58-37-29-26-30-38-58)74(56-63(73)57-35-27-25-28-36-57)76(78)71-45-41-61(81-49-33-23-19-15-11-7-3)53-67(71)68-54-62(42-46-72(68)76)82-50-34-24-20-16-12-8-4/h25-30,35-46,51-56,77-78H,5-24,31-34,47-50H2,1-4H3. The van der Waals surface area contributed by atoms with E-state index in [-0.39, 0.29) is 0 Å². The van der Waals surface area contributed by atoms with Crippen molar-refractivity contribution in [1.82, 2.24) is 0 Å². The number of aliphatic hydroxyl groups is 2. The maximum Gasteiger partial charge on any atom is 0.142 e. The van der Waals surface area contributed by atoms with E-state index in [4.69, 9.17) is 18.9 Å². The van der Waals surface area contributed by atoms with Crippen molar-refractivity contribution in [2.24, 2.45) is 0 Å². The molecule has 0 heterocycles. The monoisotopic (exact) mass is 1100 g/mol. The van der Waals surface area contributed by atoms with Crippen LogP contribution in [0.3, 0.4) is 0 Å². The summed E-state index contributed by atoms with van der Waals surface area (Å²) in [6.45, 7) is 11.6. The Labute approximate surface area is 492 Å². The molecule has 0 saturated heterocycles. The van der Waals surface area contributed by atoms with Crippen LogP contribution < -0.4 is 18.9 Å². The summed E-state index contributed by atoms with van der Waals surface area (Å²) in [6, 6.07) is 50.0. The molecule has 7 aromatic carbocycles. The SMILES string of the molecule is CCCCCCCCOc1ccc2c(c1)-c1cc(OCCCCCCCC)ccc1C2(O)c1cc(-c2ccccc2)c(C2(O)c3ccc(OCCCCCCCC)cc3-c3cc(OCCCCCCCC)ccc32)cc1-c1ccccc1.